The van der Waals surface area contributed by atoms with E-state index < -0.39 is 0 Å². The molecule has 94 valence electrons. The van der Waals surface area contributed by atoms with Crippen molar-refractivity contribution in [3.63, 3.8) is 0 Å². The van der Waals surface area contributed by atoms with Crippen molar-refractivity contribution >= 4 is 5.97 Å². The van der Waals surface area contributed by atoms with Crippen LogP contribution < -0.4 is 0 Å². The second-order valence-electron chi connectivity index (χ2n) is 5.32. The molecule has 1 rings (SSSR count). The third kappa shape index (κ3) is 3.48. The summed E-state index contributed by atoms with van der Waals surface area (Å²) in [4.78, 5) is 11.9. The molecular formula is C13H24O3. The van der Waals surface area contributed by atoms with Crippen molar-refractivity contribution in [2.24, 2.45) is 23.7 Å². The van der Waals surface area contributed by atoms with Crippen LogP contribution in [-0.2, 0) is 9.53 Å². The molecule has 0 aromatic rings. The lowest BCUT2D eigenvalue weighted by atomic mass is 9.70. The summed E-state index contributed by atoms with van der Waals surface area (Å²) in [5, 5.41) is 8.66. The molecule has 0 amide bonds. The summed E-state index contributed by atoms with van der Waals surface area (Å²) in [6.07, 6.45) is 3.28. The largest absolute Gasteiger partial charge is 0.463 e. The number of esters is 1. The first-order valence-corrected chi connectivity index (χ1v) is 6.33. The molecule has 0 aromatic carbocycles. The summed E-state index contributed by atoms with van der Waals surface area (Å²) in [5.41, 5.74) is 0. The molecule has 3 heteroatoms. The molecule has 0 spiro atoms. The van der Waals surface area contributed by atoms with Crippen LogP contribution in [0.2, 0.25) is 0 Å². The fourth-order valence-electron chi connectivity index (χ4n) is 2.73. The van der Waals surface area contributed by atoms with Gasteiger partial charge in [0.2, 0.25) is 0 Å². The van der Waals surface area contributed by atoms with E-state index in [0.29, 0.717) is 17.8 Å². The van der Waals surface area contributed by atoms with E-state index in [-0.39, 0.29) is 25.1 Å². The standard InChI is InChI=1S/C13H24O3/c1-9(2)11-5-4-10(3)8-12(11)13(15)16-7-6-14/h9-12,14H,4-8H2,1-3H3. The summed E-state index contributed by atoms with van der Waals surface area (Å²) in [7, 11) is 0. The van der Waals surface area contributed by atoms with E-state index >= 15 is 0 Å². The van der Waals surface area contributed by atoms with Gasteiger partial charge < -0.3 is 9.84 Å². The van der Waals surface area contributed by atoms with Crippen molar-refractivity contribution in [1.29, 1.82) is 0 Å². The van der Waals surface area contributed by atoms with Crippen LogP contribution in [0.1, 0.15) is 40.0 Å². The van der Waals surface area contributed by atoms with Crippen LogP contribution in [0.25, 0.3) is 0 Å². The van der Waals surface area contributed by atoms with Gasteiger partial charge in [0.1, 0.15) is 6.61 Å². The smallest absolute Gasteiger partial charge is 0.309 e. The lowest BCUT2D eigenvalue weighted by Crippen LogP contribution is -2.34. The van der Waals surface area contributed by atoms with Crippen LogP contribution in [0.4, 0.5) is 0 Å². The molecule has 0 radical (unpaired) electrons. The van der Waals surface area contributed by atoms with Crippen LogP contribution in [-0.4, -0.2) is 24.3 Å². The maximum atomic E-state index is 11.9. The van der Waals surface area contributed by atoms with Gasteiger partial charge in [-0.2, -0.15) is 0 Å². The highest BCUT2D eigenvalue weighted by Crippen LogP contribution is 2.38. The molecule has 1 aliphatic carbocycles. The Morgan fingerprint density at radius 1 is 1.44 bits per heavy atom. The Morgan fingerprint density at radius 3 is 2.69 bits per heavy atom. The van der Waals surface area contributed by atoms with Gasteiger partial charge in [0.05, 0.1) is 12.5 Å². The normalized spacial score (nSPS) is 30.4. The number of hydrogen-bond acceptors (Lipinski definition) is 3. The van der Waals surface area contributed by atoms with Gasteiger partial charge in [0, 0.05) is 0 Å². The molecule has 0 aliphatic heterocycles. The monoisotopic (exact) mass is 228 g/mol. The Hall–Kier alpha value is -0.570. The zero-order chi connectivity index (χ0) is 12.1. The minimum absolute atomic E-state index is 0.0373. The topological polar surface area (TPSA) is 46.5 Å². The first-order chi connectivity index (χ1) is 7.56. The average molecular weight is 228 g/mol. The minimum atomic E-state index is -0.112. The van der Waals surface area contributed by atoms with Gasteiger partial charge in [-0.1, -0.05) is 27.2 Å². The van der Waals surface area contributed by atoms with Gasteiger partial charge in [-0.05, 0) is 30.6 Å². The number of hydrogen-bond donors (Lipinski definition) is 1. The van der Waals surface area contributed by atoms with Gasteiger partial charge in [-0.25, -0.2) is 0 Å². The number of aliphatic hydroxyl groups excluding tert-OH is 1. The zero-order valence-electron chi connectivity index (χ0n) is 10.6. The Labute approximate surface area is 98.2 Å². The molecule has 0 saturated heterocycles. The lowest BCUT2D eigenvalue weighted by Gasteiger charge is -2.35. The maximum absolute atomic E-state index is 11.9. The van der Waals surface area contributed by atoms with Gasteiger partial charge in [0.15, 0.2) is 0 Å². The van der Waals surface area contributed by atoms with Gasteiger partial charge in [0.25, 0.3) is 0 Å². The zero-order valence-corrected chi connectivity index (χ0v) is 10.6. The van der Waals surface area contributed by atoms with E-state index in [1.165, 1.54) is 6.42 Å². The molecule has 1 fully saturated rings. The molecule has 3 unspecified atom stereocenters. The SMILES string of the molecule is CC1CCC(C(C)C)C(C(=O)OCCO)C1. The van der Waals surface area contributed by atoms with E-state index in [1.54, 1.807) is 0 Å². The quantitative estimate of drug-likeness (QED) is 0.751. The van der Waals surface area contributed by atoms with Crippen molar-refractivity contribution in [2.75, 3.05) is 13.2 Å². The summed E-state index contributed by atoms with van der Waals surface area (Å²) < 4.78 is 5.07. The van der Waals surface area contributed by atoms with Gasteiger partial charge in [-0.15, -0.1) is 0 Å². The fourth-order valence-corrected chi connectivity index (χ4v) is 2.73. The molecule has 0 aromatic heterocycles. The van der Waals surface area contributed by atoms with E-state index in [9.17, 15) is 4.79 Å². The maximum Gasteiger partial charge on any atom is 0.309 e. The molecule has 3 atom stereocenters. The molecule has 16 heavy (non-hydrogen) atoms. The predicted octanol–water partition coefficient (Wildman–Crippen LogP) is 2.23. The van der Waals surface area contributed by atoms with E-state index in [4.69, 9.17) is 9.84 Å². The van der Waals surface area contributed by atoms with Crippen molar-refractivity contribution in [3.05, 3.63) is 0 Å². The van der Waals surface area contributed by atoms with Crippen LogP contribution in [0, 0.1) is 23.7 Å². The predicted molar refractivity (Wildman–Crippen MR) is 62.9 cm³/mol. The third-order valence-corrected chi connectivity index (χ3v) is 3.66. The highest BCUT2D eigenvalue weighted by Gasteiger charge is 2.36. The first-order valence-electron chi connectivity index (χ1n) is 6.33. The average Bonchev–Trinajstić information content (AvgIpc) is 2.25. The Kier molecular flexibility index (Phi) is 5.26. The number of ether oxygens (including phenoxy) is 1. The summed E-state index contributed by atoms with van der Waals surface area (Å²) >= 11 is 0. The van der Waals surface area contributed by atoms with Crippen molar-refractivity contribution in [1.82, 2.24) is 0 Å². The van der Waals surface area contributed by atoms with E-state index in [2.05, 4.69) is 20.8 Å². The fraction of sp³-hybridized carbons (Fsp3) is 0.923. The number of carbonyl (C=O) groups is 1. The van der Waals surface area contributed by atoms with Crippen LogP contribution >= 0.6 is 0 Å². The van der Waals surface area contributed by atoms with Crippen LogP contribution in [0.5, 0.6) is 0 Å². The van der Waals surface area contributed by atoms with E-state index in [0.717, 1.165) is 12.8 Å². The molecule has 3 nitrogen and oxygen atoms in total. The second kappa shape index (κ2) is 6.24. The Morgan fingerprint density at radius 2 is 2.12 bits per heavy atom. The molecule has 1 N–H and O–H groups in total. The highest BCUT2D eigenvalue weighted by atomic mass is 16.5. The third-order valence-electron chi connectivity index (χ3n) is 3.66. The van der Waals surface area contributed by atoms with Crippen LogP contribution in [0.15, 0.2) is 0 Å². The molecule has 0 bridgehead atoms. The summed E-state index contributed by atoms with van der Waals surface area (Å²) in [5.74, 6) is 1.51. The number of carbonyl (C=O) groups excluding carboxylic acids is 1. The lowest BCUT2D eigenvalue weighted by molar-refractivity contribution is -0.154. The first kappa shape index (κ1) is 13.5. The van der Waals surface area contributed by atoms with Crippen molar-refractivity contribution in [3.8, 4) is 0 Å². The molecule has 1 aliphatic rings. The van der Waals surface area contributed by atoms with Crippen molar-refractivity contribution in [2.45, 2.75) is 40.0 Å². The number of aliphatic hydroxyl groups is 1. The summed E-state index contributed by atoms with van der Waals surface area (Å²) in [6, 6.07) is 0. The Balaban J connectivity index is 2.59. The Bertz CT molecular complexity index is 225. The number of rotatable bonds is 4. The van der Waals surface area contributed by atoms with Crippen molar-refractivity contribution < 1.29 is 14.6 Å². The van der Waals surface area contributed by atoms with Gasteiger partial charge >= 0.3 is 5.97 Å². The molecule has 1 saturated carbocycles. The highest BCUT2D eigenvalue weighted by molar-refractivity contribution is 5.73. The molecular weight excluding hydrogens is 204 g/mol. The summed E-state index contributed by atoms with van der Waals surface area (Å²) in [6.45, 7) is 6.59. The van der Waals surface area contributed by atoms with E-state index in [1.807, 2.05) is 0 Å². The molecule has 0 heterocycles. The minimum Gasteiger partial charge on any atom is -0.463 e. The van der Waals surface area contributed by atoms with Crippen LogP contribution in [0.3, 0.4) is 0 Å². The van der Waals surface area contributed by atoms with Gasteiger partial charge in [-0.3, -0.25) is 4.79 Å². The second-order valence-corrected chi connectivity index (χ2v) is 5.32.